The van der Waals surface area contributed by atoms with Gasteiger partial charge < -0.3 is 19.6 Å². The van der Waals surface area contributed by atoms with Crippen LogP contribution in [0, 0.1) is 6.57 Å². The Morgan fingerprint density at radius 2 is 1.62 bits per heavy atom. The Labute approximate surface area is 127 Å². The van der Waals surface area contributed by atoms with Crippen LogP contribution in [0.3, 0.4) is 0 Å². The smallest absolute Gasteiger partial charge is 0.408 e. The van der Waals surface area contributed by atoms with Crippen LogP contribution in [0.1, 0.15) is 54.4 Å². The number of carbonyl (C=O) groups excluding carboxylic acids is 2. The molecule has 0 aliphatic carbocycles. The minimum atomic E-state index is -0.805. The molecule has 0 aliphatic rings. The zero-order valence-corrected chi connectivity index (χ0v) is 13.8. The molecule has 0 aliphatic heterocycles. The van der Waals surface area contributed by atoms with E-state index in [1.54, 1.807) is 41.5 Å². The Hall–Kier alpha value is -1.77. The van der Waals surface area contributed by atoms with Gasteiger partial charge >= 0.3 is 12.1 Å². The van der Waals surface area contributed by atoms with Gasteiger partial charge in [-0.15, -0.1) is 0 Å². The molecule has 0 heterocycles. The lowest BCUT2D eigenvalue weighted by atomic mass is 10.1. The first-order valence-corrected chi connectivity index (χ1v) is 7.00. The van der Waals surface area contributed by atoms with Gasteiger partial charge in [0.15, 0.2) is 0 Å². The maximum atomic E-state index is 12.1. The highest BCUT2D eigenvalue weighted by molar-refractivity contribution is 5.81. The highest BCUT2D eigenvalue weighted by Gasteiger charge is 2.28. The molecule has 6 heteroatoms. The molecule has 0 rings (SSSR count). The minimum Gasteiger partial charge on any atom is -0.458 e. The van der Waals surface area contributed by atoms with Gasteiger partial charge in [0.1, 0.15) is 17.2 Å². The number of rotatable bonds is 5. The number of esters is 1. The van der Waals surface area contributed by atoms with E-state index in [-0.39, 0.29) is 0 Å². The second kappa shape index (κ2) is 7.87. The van der Waals surface area contributed by atoms with Gasteiger partial charge in [-0.05, 0) is 48.0 Å². The molecular weight excluding hydrogens is 273 g/mol. The molecule has 0 bridgehead atoms. The molecule has 6 nitrogen and oxygen atoms in total. The number of carbonyl (C=O) groups is 2. The van der Waals surface area contributed by atoms with Crippen LogP contribution >= 0.6 is 0 Å². The van der Waals surface area contributed by atoms with Crippen molar-refractivity contribution in [1.82, 2.24) is 5.32 Å². The highest BCUT2D eigenvalue weighted by Crippen LogP contribution is 2.12. The molecule has 0 aromatic carbocycles. The Balaban J connectivity index is 4.70. The van der Waals surface area contributed by atoms with Crippen molar-refractivity contribution in [3.8, 4) is 0 Å². The van der Waals surface area contributed by atoms with E-state index in [1.807, 2.05) is 0 Å². The maximum Gasteiger partial charge on any atom is 0.408 e. The fraction of sp³-hybridized carbons (Fsp3) is 0.800. The van der Waals surface area contributed by atoms with E-state index in [4.69, 9.17) is 16.0 Å². The fourth-order valence-corrected chi connectivity index (χ4v) is 1.45. The molecular formula is C15H26N2O4. The van der Waals surface area contributed by atoms with Crippen LogP contribution in [0.25, 0.3) is 4.85 Å². The lowest BCUT2D eigenvalue weighted by Crippen LogP contribution is -2.46. The molecule has 1 N–H and O–H groups in total. The average Bonchev–Trinajstić information content (AvgIpc) is 2.22. The van der Waals surface area contributed by atoms with Crippen molar-refractivity contribution >= 4 is 12.1 Å². The van der Waals surface area contributed by atoms with Crippen molar-refractivity contribution in [1.29, 1.82) is 0 Å². The van der Waals surface area contributed by atoms with Gasteiger partial charge in [0.05, 0.1) is 0 Å². The number of nitrogens with one attached hydrogen (secondary N) is 1. The zero-order chi connectivity index (χ0) is 16.7. The fourth-order valence-electron chi connectivity index (χ4n) is 1.45. The van der Waals surface area contributed by atoms with Crippen LogP contribution < -0.4 is 5.32 Å². The normalized spacial score (nSPS) is 13.0. The lowest BCUT2D eigenvalue weighted by Gasteiger charge is -2.26. The number of hydrogen-bond acceptors (Lipinski definition) is 4. The van der Waals surface area contributed by atoms with Crippen molar-refractivity contribution < 1.29 is 19.1 Å². The van der Waals surface area contributed by atoms with Gasteiger partial charge in [-0.2, -0.15) is 0 Å². The summed E-state index contributed by atoms with van der Waals surface area (Å²) in [5.41, 5.74) is -1.27. The van der Waals surface area contributed by atoms with E-state index < -0.39 is 29.3 Å². The maximum absolute atomic E-state index is 12.1. The van der Waals surface area contributed by atoms with Crippen molar-refractivity contribution in [2.45, 2.75) is 71.6 Å². The number of hydrogen-bond donors (Lipinski definition) is 1. The topological polar surface area (TPSA) is 69.0 Å². The Morgan fingerprint density at radius 3 is 2.05 bits per heavy atom. The molecule has 0 aromatic heterocycles. The number of alkyl carbamates (subject to hydrolysis) is 1. The zero-order valence-electron chi connectivity index (χ0n) is 13.8. The second-order valence-electron chi connectivity index (χ2n) is 6.76. The van der Waals surface area contributed by atoms with Crippen LogP contribution in [0.15, 0.2) is 0 Å². The summed E-state index contributed by atoms with van der Waals surface area (Å²) in [5.74, 6) is -0.515. The third-order valence-corrected chi connectivity index (χ3v) is 2.14. The number of amides is 1. The van der Waals surface area contributed by atoms with E-state index in [0.717, 1.165) is 0 Å². The average molecular weight is 299 g/mol. The van der Waals surface area contributed by atoms with Crippen LogP contribution in [-0.2, 0) is 14.3 Å². The predicted molar refractivity (Wildman–Crippen MR) is 79.7 cm³/mol. The van der Waals surface area contributed by atoms with Gasteiger partial charge in [-0.25, -0.2) is 16.2 Å². The van der Waals surface area contributed by atoms with Gasteiger partial charge in [0, 0.05) is 6.42 Å². The lowest BCUT2D eigenvalue weighted by molar-refractivity contribution is -0.157. The van der Waals surface area contributed by atoms with Crippen molar-refractivity contribution in [2.24, 2.45) is 0 Å². The SMILES string of the molecule is [C-]#[15N+]CCC[C@H](NC(=O)OC(C)(C)C)C(=O)OC(C)(C)C. The molecule has 1 atom stereocenters. The summed E-state index contributed by atoms with van der Waals surface area (Å²) in [6, 6.07) is -0.805. The monoisotopic (exact) mass is 299 g/mol. The summed E-state index contributed by atoms with van der Waals surface area (Å²) in [7, 11) is 0. The minimum absolute atomic E-state index is 0.301. The predicted octanol–water partition coefficient (Wildman–Crippen LogP) is 2.92. The second-order valence-corrected chi connectivity index (χ2v) is 6.76. The molecule has 1 amide bonds. The summed E-state index contributed by atoms with van der Waals surface area (Å²) in [6.45, 7) is 17.6. The third kappa shape index (κ3) is 10.7. The van der Waals surface area contributed by atoms with Crippen molar-refractivity contribution in [3.63, 3.8) is 0 Å². The first kappa shape index (κ1) is 19.2. The summed E-state index contributed by atoms with van der Waals surface area (Å²) in [6.07, 6.45) is 0.181. The first-order valence-electron chi connectivity index (χ1n) is 7.00. The highest BCUT2D eigenvalue weighted by atomic mass is 16.6. The van der Waals surface area contributed by atoms with Crippen LogP contribution in [0.5, 0.6) is 0 Å². The third-order valence-electron chi connectivity index (χ3n) is 2.14. The molecule has 0 fully saturated rings. The molecule has 0 saturated carbocycles. The Bertz CT molecular complexity index is 399. The van der Waals surface area contributed by atoms with E-state index in [0.29, 0.717) is 19.4 Å². The first-order chi connectivity index (χ1) is 9.44. The van der Waals surface area contributed by atoms with Gasteiger partial charge in [0.2, 0.25) is 6.54 Å². The Kier molecular flexibility index (Phi) is 7.20. The van der Waals surface area contributed by atoms with E-state index in [9.17, 15) is 9.59 Å². The molecule has 0 aromatic rings. The molecule has 0 unspecified atom stereocenters. The number of nitrogens with zero attached hydrogens (tertiary/aromatic N) is 1. The standard InChI is InChI=1S/C15H26N2O4/c1-14(2,3)20-12(18)11(9-8-10-16-7)17-13(19)21-15(4,5)6/h11H,8-10H2,1-6H3,(H,17,19)/t11-/m0/s1/i16+1. The van der Waals surface area contributed by atoms with Crippen LogP contribution in [-0.4, -0.2) is 35.9 Å². The molecule has 21 heavy (non-hydrogen) atoms. The molecule has 0 spiro atoms. The largest absolute Gasteiger partial charge is 0.458 e. The quantitative estimate of drug-likeness (QED) is 0.367. The van der Waals surface area contributed by atoms with E-state index in [1.165, 1.54) is 0 Å². The van der Waals surface area contributed by atoms with Crippen LogP contribution in [0.4, 0.5) is 4.79 Å². The molecule has 0 radical (unpaired) electrons. The molecule has 0 saturated heterocycles. The van der Waals surface area contributed by atoms with Crippen molar-refractivity contribution in [3.05, 3.63) is 11.4 Å². The van der Waals surface area contributed by atoms with Gasteiger partial charge in [-0.1, -0.05) is 0 Å². The van der Waals surface area contributed by atoms with E-state index in [2.05, 4.69) is 10.2 Å². The Morgan fingerprint density at radius 1 is 1.10 bits per heavy atom. The molecule has 120 valence electrons. The summed E-state index contributed by atoms with van der Waals surface area (Å²) in [4.78, 5) is 27.1. The van der Waals surface area contributed by atoms with Crippen LogP contribution in [0.2, 0.25) is 0 Å². The number of ether oxygens (including phenoxy) is 2. The van der Waals surface area contributed by atoms with E-state index >= 15 is 0 Å². The van der Waals surface area contributed by atoms with Gasteiger partial charge in [-0.3, -0.25) is 0 Å². The van der Waals surface area contributed by atoms with Gasteiger partial charge in [0.25, 0.3) is 0 Å². The summed E-state index contributed by atoms with van der Waals surface area (Å²) in [5, 5.41) is 2.52. The van der Waals surface area contributed by atoms with Crippen molar-refractivity contribution in [2.75, 3.05) is 6.54 Å². The summed E-state index contributed by atoms with van der Waals surface area (Å²) < 4.78 is 10.4. The summed E-state index contributed by atoms with van der Waals surface area (Å²) >= 11 is 0.